The number of carbonyl (C=O) groups is 1. The van der Waals surface area contributed by atoms with Crippen LogP contribution < -0.4 is 10.1 Å². The van der Waals surface area contributed by atoms with Crippen LogP contribution in [0.25, 0.3) is 0 Å². The number of thioether (sulfide) groups is 1. The Labute approximate surface area is 202 Å². The number of fused-ring (bicyclic) bond motifs is 1. The predicted molar refractivity (Wildman–Crippen MR) is 131 cm³/mol. The maximum Gasteiger partial charge on any atom is 0.235 e. The maximum atomic E-state index is 12.6. The van der Waals surface area contributed by atoms with E-state index < -0.39 is 0 Å². The van der Waals surface area contributed by atoms with Gasteiger partial charge in [0, 0.05) is 11.9 Å². The van der Waals surface area contributed by atoms with Gasteiger partial charge in [0.15, 0.2) is 11.0 Å². The topological polar surface area (TPSA) is 92.8 Å². The second kappa shape index (κ2) is 10.4. The standard InChI is InChI=1S/C24H27N5O2S2/c1-4-16-8-9-18-19(12-25)23(33-20(18)11-16)26-22(30)14-32-24-28-27-21(29(24)3)13-31-17-7-5-6-15(2)10-17/h5-7,10,16H,4,8-9,11,13-14H2,1-3H3,(H,26,30). The molecule has 0 radical (unpaired) electrons. The molecule has 1 unspecified atom stereocenters. The molecule has 0 fully saturated rings. The lowest BCUT2D eigenvalue weighted by molar-refractivity contribution is -0.113. The average Bonchev–Trinajstić information content (AvgIpc) is 3.34. The summed E-state index contributed by atoms with van der Waals surface area (Å²) in [6.07, 6.45) is 4.18. The summed E-state index contributed by atoms with van der Waals surface area (Å²) in [5.41, 5.74) is 2.89. The van der Waals surface area contributed by atoms with Crippen molar-refractivity contribution in [1.82, 2.24) is 14.8 Å². The number of thiophene rings is 1. The third-order valence-corrected chi connectivity index (χ3v) is 8.11. The molecule has 0 saturated heterocycles. The van der Waals surface area contributed by atoms with Crippen LogP contribution in [0.15, 0.2) is 29.4 Å². The normalized spacial score (nSPS) is 15.0. The van der Waals surface area contributed by atoms with E-state index in [4.69, 9.17) is 4.74 Å². The lowest BCUT2D eigenvalue weighted by atomic mass is 9.86. The van der Waals surface area contributed by atoms with Crippen molar-refractivity contribution in [2.45, 2.75) is 51.3 Å². The molecule has 172 valence electrons. The SMILES string of the molecule is CCC1CCc2c(sc(NC(=O)CSc3nnc(COc4cccc(C)c4)n3C)c2C#N)C1. The molecular weight excluding hydrogens is 454 g/mol. The molecule has 4 rings (SSSR count). The Morgan fingerprint density at radius 2 is 2.27 bits per heavy atom. The van der Waals surface area contributed by atoms with Crippen LogP contribution in [0.5, 0.6) is 5.75 Å². The number of rotatable bonds is 8. The number of amides is 1. The molecule has 0 spiro atoms. The van der Waals surface area contributed by atoms with Crippen molar-refractivity contribution < 1.29 is 9.53 Å². The largest absolute Gasteiger partial charge is 0.486 e. The minimum atomic E-state index is -0.150. The summed E-state index contributed by atoms with van der Waals surface area (Å²) in [6.45, 7) is 4.52. The molecule has 2 heterocycles. The molecule has 0 saturated carbocycles. The van der Waals surface area contributed by atoms with Gasteiger partial charge in [-0.3, -0.25) is 4.79 Å². The Hall–Kier alpha value is -2.83. The number of nitriles is 1. The van der Waals surface area contributed by atoms with E-state index in [1.807, 2.05) is 42.8 Å². The quantitative estimate of drug-likeness (QED) is 0.461. The number of aromatic nitrogens is 3. The van der Waals surface area contributed by atoms with Crippen molar-refractivity contribution in [2.75, 3.05) is 11.1 Å². The van der Waals surface area contributed by atoms with Gasteiger partial charge in [-0.05, 0) is 55.4 Å². The first-order chi connectivity index (χ1) is 16.0. The Bertz CT molecular complexity index is 1190. The van der Waals surface area contributed by atoms with Crippen LogP contribution >= 0.6 is 23.1 Å². The molecule has 1 aliphatic rings. The van der Waals surface area contributed by atoms with E-state index in [1.54, 1.807) is 11.3 Å². The molecule has 1 amide bonds. The number of nitrogens with zero attached hydrogens (tertiary/aromatic N) is 4. The molecule has 1 aliphatic carbocycles. The van der Waals surface area contributed by atoms with Gasteiger partial charge in [0.05, 0.1) is 11.3 Å². The van der Waals surface area contributed by atoms with Crippen LogP contribution in [0.1, 0.15) is 47.2 Å². The molecule has 0 bridgehead atoms. The van der Waals surface area contributed by atoms with Crippen LogP contribution in [-0.4, -0.2) is 26.4 Å². The zero-order valence-corrected chi connectivity index (χ0v) is 20.7. The van der Waals surface area contributed by atoms with E-state index >= 15 is 0 Å². The minimum absolute atomic E-state index is 0.150. The summed E-state index contributed by atoms with van der Waals surface area (Å²) in [7, 11) is 1.86. The summed E-state index contributed by atoms with van der Waals surface area (Å²) >= 11 is 2.87. The third kappa shape index (κ3) is 5.40. The van der Waals surface area contributed by atoms with Crippen molar-refractivity contribution in [3.63, 3.8) is 0 Å². The van der Waals surface area contributed by atoms with E-state index in [0.717, 1.165) is 42.6 Å². The molecule has 9 heteroatoms. The zero-order valence-electron chi connectivity index (χ0n) is 19.1. The maximum absolute atomic E-state index is 12.6. The van der Waals surface area contributed by atoms with Crippen molar-refractivity contribution >= 4 is 34.0 Å². The molecule has 3 aromatic rings. The van der Waals surface area contributed by atoms with E-state index in [9.17, 15) is 10.1 Å². The summed E-state index contributed by atoms with van der Waals surface area (Å²) in [5.74, 6) is 2.17. The van der Waals surface area contributed by atoms with Gasteiger partial charge in [-0.15, -0.1) is 21.5 Å². The van der Waals surface area contributed by atoms with Gasteiger partial charge in [-0.1, -0.05) is 37.2 Å². The highest BCUT2D eigenvalue weighted by Crippen LogP contribution is 2.40. The van der Waals surface area contributed by atoms with Gasteiger partial charge in [0.25, 0.3) is 0 Å². The molecule has 1 aromatic carbocycles. The number of hydrogen-bond donors (Lipinski definition) is 1. The van der Waals surface area contributed by atoms with E-state index in [0.29, 0.717) is 34.1 Å². The Morgan fingerprint density at radius 1 is 1.42 bits per heavy atom. The summed E-state index contributed by atoms with van der Waals surface area (Å²) < 4.78 is 7.65. The van der Waals surface area contributed by atoms with E-state index in [1.165, 1.54) is 16.6 Å². The van der Waals surface area contributed by atoms with Gasteiger partial charge >= 0.3 is 0 Å². The molecule has 1 N–H and O–H groups in total. The van der Waals surface area contributed by atoms with Crippen LogP contribution in [0.4, 0.5) is 5.00 Å². The summed E-state index contributed by atoms with van der Waals surface area (Å²) in [6, 6.07) is 10.1. The fraction of sp³-hybridized carbons (Fsp3) is 0.417. The van der Waals surface area contributed by atoms with Crippen LogP contribution in [0, 0.1) is 24.2 Å². The molecular formula is C24H27N5O2S2. The van der Waals surface area contributed by atoms with Crippen molar-refractivity contribution in [3.05, 3.63) is 51.7 Å². The molecule has 33 heavy (non-hydrogen) atoms. The fourth-order valence-electron chi connectivity index (χ4n) is 3.95. The summed E-state index contributed by atoms with van der Waals surface area (Å²) in [4.78, 5) is 13.9. The number of hydrogen-bond acceptors (Lipinski definition) is 7. The first kappa shape index (κ1) is 23.3. The van der Waals surface area contributed by atoms with Crippen LogP contribution in [0.3, 0.4) is 0 Å². The second-order valence-electron chi connectivity index (χ2n) is 8.24. The lowest BCUT2D eigenvalue weighted by Crippen LogP contribution is -2.15. The number of aryl methyl sites for hydroxylation is 1. The van der Waals surface area contributed by atoms with Gasteiger partial charge in [0.2, 0.25) is 5.91 Å². The van der Waals surface area contributed by atoms with Crippen molar-refractivity contribution in [3.8, 4) is 11.8 Å². The van der Waals surface area contributed by atoms with Gasteiger partial charge in [0.1, 0.15) is 23.4 Å². The van der Waals surface area contributed by atoms with E-state index in [-0.39, 0.29) is 11.7 Å². The highest BCUT2D eigenvalue weighted by Gasteiger charge is 2.25. The Morgan fingerprint density at radius 3 is 3.03 bits per heavy atom. The second-order valence-corrected chi connectivity index (χ2v) is 10.3. The van der Waals surface area contributed by atoms with E-state index in [2.05, 4.69) is 28.5 Å². The van der Waals surface area contributed by atoms with Gasteiger partial charge < -0.3 is 14.6 Å². The van der Waals surface area contributed by atoms with Crippen LogP contribution in [0.2, 0.25) is 0 Å². The monoisotopic (exact) mass is 481 g/mol. The van der Waals surface area contributed by atoms with Crippen LogP contribution in [-0.2, 0) is 31.3 Å². The number of anilines is 1. The van der Waals surface area contributed by atoms with Crippen molar-refractivity contribution in [1.29, 1.82) is 5.26 Å². The molecule has 7 nitrogen and oxygen atoms in total. The smallest absolute Gasteiger partial charge is 0.235 e. The lowest BCUT2D eigenvalue weighted by Gasteiger charge is -2.20. The highest BCUT2D eigenvalue weighted by atomic mass is 32.2. The predicted octanol–water partition coefficient (Wildman–Crippen LogP) is 4.88. The van der Waals surface area contributed by atoms with Crippen molar-refractivity contribution in [2.24, 2.45) is 13.0 Å². The third-order valence-electron chi connectivity index (χ3n) is 5.92. The average molecular weight is 482 g/mol. The number of benzene rings is 1. The molecule has 1 atom stereocenters. The first-order valence-corrected chi connectivity index (χ1v) is 12.8. The number of nitrogens with one attached hydrogen (secondary N) is 1. The number of carbonyl (C=O) groups excluding carboxylic acids is 1. The fourth-order valence-corrected chi connectivity index (χ4v) is 6.01. The Kier molecular flexibility index (Phi) is 7.36. The Balaban J connectivity index is 1.34. The van der Waals surface area contributed by atoms with Gasteiger partial charge in [-0.25, -0.2) is 0 Å². The molecule has 0 aliphatic heterocycles. The first-order valence-electron chi connectivity index (χ1n) is 11.0. The summed E-state index contributed by atoms with van der Waals surface area (Å²) in [5, 5.41) is 22.3. The minimum Gasteiger partial charge on any atom is -0.486 e. The van der Waals surface area contributed by atoms with Gasteiger partial charge in [-0.2, -0.15) is 5.26 Å². The zero-order chi connectivity index (χ0) is 23.4. The number of ether oxygens (including phenoxy) is 1. The highest BCUT2D eigenvalue weighted by molar-refractivity contribution is 7.99. The molecule has 2 aromatic heterocycles.